The first-order chi connectivity index (χ1) is 12.6. The molecule has 0 bridgehead atoms. The van der Waals surface area contributed by atoms with Crippen molar-refractivity contribution in [2.75, 3.05) is 25.0 Å². The van der Waals surface area contributed by atoms with E-state index >= 15 is 0 Å². The molecule has 0 saturated carbocycles. The summed E-state index contributed by atoms with van der Waals surface area (Å²) < 4.78 is 61.0. The van der Waals surface area contributed by atoms with Gasteiger partial charge in [0.2, 0.25) is 0 Å². The van der Waals surface area contributed by atoms with Gasteiger partial charge in [-0.25, -0.2) is 8.42 Å². The number of halogens is 3. The third-order valence-electron chi connectivity index (χ3n) is 4.35. The molecule has 11 heteroatoms. The number of alkyl halides is 3. The van der Waals surface area contributed by atoms with E-state index in [2.05, 4.69) is 5.32 Å². The normalized spacial score (nSPS) is 17.6. The minimum atomic E-state index is -5.41. The second kappa shape index (κ2) is 8.44. The Morgan fingerprint density at radius 1 is 1.33 bits per heavy atom. The van der Waals surface area contributed by atoms with Gasteiger partial charge in [0.25, 0.3) is 15.7 Å². The number of hydrogen-bond acceptors (Lipinski definition) is 6. The lowest BCUT2D eigenvalue weighted by Crippen LogP contribution is -2.46. The van der Waals surface area contributed by atoms with Crippen LogP contribution < -0.4 is 11.1 Å². The Morgan fingerprint density at radius 2 is 1.96 bits per heavy atom. The summed E-state index contributed by atoms with van der Waals surface area (Å²) in [4.78, 5) is 12.7. The number of carbonyl (C=O) groups excluding carboxylic acids is 1. The van der Waals surface area contributed by atoms with Crippen molar-refractivity contribution < 1.29 is 31.5 Å². The maximum Gasteiger partial charge on any atom is 0.501 e. The molecule has 152 valence electrons. The number of anilines is 1. The van der Waals surface area contributed by atoms with Crippen molar-refractivity contribution in [2.45, 2.75) is 41.8 Å². The highest BCUT2D eigenvalue weighted by Crippen LogP contribution is 2.31. The van der Waals surface area contributed by atoms with Crippen molar-refractivity contribution in [2.24, 2.45) is 5.73 Å². The monoisotopic (exact) mass is 409 g/mol. The Bertz CT molecular complexity index is 762. The second-order valence-corrected chi connectivity index (χ2v) is 8.26. The highest BCUT2D eigenvalue weighted by Gasteiger charge is 2.46. The SMILES string of the molecule is NCCC(O)C(=O)N1CCC(Nc2cccc(S(=O)(=O)C(F)(F)F)c2)CC1. The van der Waals surface area contributed by atoms with Gasteiger partial charge in [-0.15, -0.1) is 0 Å². The third-order valence-corrected chi connectivity index (χ3v) is 5.84. The molecule has 7 nitrogen and oxygen atoms in total. The predicted molar refractivity (Wildman–Crippen MR) is 92.6 cm³/mol. The summed E-state index contributed by atoms with van der Waals surface area (Å²) in [7, 11) is -5.41. The number of rotatable bonds is 6. The number of nitrogens with two attached hydrogens (primary N) is 1. The van der Waals surface area contributed by atoms with Crippen LogP contribution in [0.5, 0.6) is 0 Å². The van der Waals surface area contributed by atoms with E-state index in [1.807, 2.05) is 0 Å². The zero-order chi connectivity index (χ0) is 20.2. The first kappa shape index (κ1) is 21.5. The topological polar surface area (TPSA) is 113 Å². The highest BCUT2D eigenvalue weighted by atomic mass is 32.2. The fourth-order valence-corrected chi connectivity index (χ4v) is 3.67. The molecule has 2 rings (SSSR count). The van der Waals surface area contributed by atoms with Crippen LogP contribution in [-0.2, 0) is 14.6 Å². The molecule has 0 aromatic heterocycles. The van der Waals surface area contributed by atoms with E-state index in [4.69, 9.17) is 5.73 Å². The molecule has 1 heterocycles. The molecule has 1 atom stereocenters. The maximum absolute atomic E-state index is 12.7. The van der Waals surface area contributed by atoms with E-state index in [9.17, 15) is 31.5 Å². The Kier molecular flexibility index (Phi) is 6.71. The predicted octanol–water partition coefficient (Wildman–Crippen LogP) is 1.09. The lowest BCUT2D eigenvalue weighted by molar-refractivity contribution is -0.141. The largest absolute Gasteiger partial charge is 0.501 e. The molecular formula is C16H22F3N3O4S. The maximum atomic E-state index is 12.7. The molecule has 0 spiro atoms. The van der Waals surface area contributed by atoms with Gasteiger partial charge in [-0.3, -0.25) is 4.79 Å². The molecule has 1 aliphatic rings. The van der Waals surface area contributed by atoms with Crippen molar-refractivity contribution in [3.05, 3.63) is 24.3 Å². The Morgan fingerprint density at radius 3 is 2.52 bits per heavy atom. The van der Waals surface area contributed by atoms with Crippen LogP contribution in [0.25, 0.3) is 0 Å². The van der Waals surface area contributed by atoms with Crippen LogP contribution in [0.2, 0.25) is 0 Å². The average Bonchev–Trinajstić information content (AvgIpc) is 2.61. The zero-order valence-electron chi connectivity index (χ0n) is 14.4. The number of aliphatic hydroxyl groups is 1. The molecule has 4 N–H and O–H groups in total. The summed E-state index contributed by atoms with van der Waals surface area (Å²) in [6.45, 7) is 0.944. The van der Waals surface area contributed by atoms with Gasteiger partial charge in [-0.05, 0) is 44.0 Å². The van der Waals surface area contributed by atoms with Gasteiger partial charge in [0.05, 0.1) is 4.90 Å². The number of amides is 1. The summed E-state index contributed by atoms with van der Waals surface area (Å²) in [6, 6.07) is 4.43. The van der Waals surface area contributed by atoms with Crippen LogP contribution >= 0.6 is 0 Å². The van der Waals surface area contributed by atoms with Gasteiger partial charge in [0.1, 0.15) is 6.10 Å². The first-order valence-corrected chi connectivity index (χ1v) is 9.89. The molecule has 1 fully saturated rings. The average molecular weight is 409 g/mol. The van der Waals surface area contributed by atoms with Crippen LogP contribution in [0.1, 0.15) is 19.3 Å². The van der Waals surface area contributed by atoms with E-state index in [1.165, 1.54) is 17.0 Å². The summed E-state index contributed by atoms with van der Waals surface area (Å²) in [5, 5.41) is 12.7. The molecule has 1 saturated heterocycles. The number of likely N-dealkylation sites (tertiary alicyclic amines) is 1. The number of carbonyl (C=O) groups is 1. The van der Waals surface area contributed by atoms with E-state index < -0.39 is 32.3 Å². The minimum absolute atomic E-state index is 0.135. The quantitative estimate of drug-likeness (QED) is 0.648. The number of benzene rings is 1. The third kappa shape index (κ3) is 5.11. The van der Waals surface area contributed by atoms with Crippen molar-refractivity contribution in [1.29, 1.82) is 0 Å². The van der Waals surface area contributed by atoms with Crippen molar-refractivity contribution in [3.63, 3.8) is 0 Å². The standard InChI is InChI=1S/C16H22F3N3O4S/c17-16(18,19)27(25,26)13-3-1-2-12(10-13)21-11-5-8-22(9-6-11)15(24)14(23)4-7-20/h1-3,10-11,14,21,23H,4-9,20H2. The van der Waals surface area contributed by atoms with Crippen molar-refractivity contribution in [1.82, 2.24) is 4.90 Å². The second-order valence-electron chi connectivity index (χ2n) is 6.31. The number of sulfone groups is 1. The fourth-order valence-electron chi connectivity index (χ4n) is 2.86. The molecule has 0 aliphatic carbocycles. The van der Waals surface area contributed by atoms with E-state index in [0.29, 0.717) is 25.9 Å². The molecule has 1 amide bonds. The van der Waals surface area contributed by atoms with Gasteiger partial charge in [-0.1, -0.05) is 6.07 Å². The Labute approximate surface area is 155 Å². The summed E-state index contributed by atoms with van der Waals surface area (Å²) in [5.74, 6) is -0.392. The molecule has 1 unspecified atom stereocenters. The molecular weight excluding hydrogens is 387 g/mol. The van der Waals surface area contributed by atoms with Crippen molar-refractivity contribution in [3.8, 4) is 0 Å². The molecule has 0 radical (unpaired) electrons. The van der Waals surface area contributed by atoms with Gasteiger partial charge in [0.15, 0.2) is 0 Å². The van der Waals surface area contributed by atoms with Gasteiger partial charge in [0, 0.05) is 24.8 Å². The summed E-state index contributed by atoms with van der Waals surface area (Å²) in [5.41, 5.74) is 0.219. The molecule has 27 heavy (non-hydrogen) atoms. The number of nitrogens with zero attached hydrogens (tertiary/aromatic N) is 1. The molecule has 1 aromatic rings. The minimum Gasteiger partial charge on any atom is -0.383 e. The molecule has 1 aliphatic heterocycles. The molecule has 1 aromatic carbocycles. The lowest BCUT2D eigenvalue weighted by Gasteiger charge is -2.34. The van der Waals surface area contributed by atoms with Crippen LogP contribution in [0.3, 0.4) is 0 Å². The van der Waals surface area contributed by atoms with Crippen LogP contribution in [0.4, 0.5) is 18.9 Å². The van der Waals surface area contributed by atoms with E-state index in [0.717, 1.165) is 12.1 Å². The fraction of sp³-hybridized carbons (Fsp3) is 0.562. The summed E-state index contributed by atoms with van der Waals surface area (Å²) >= 11 is 0. The Balaban J connectivity index is 1.98. The first-order valence-electron chi connectivity index (χ1n) is 8.41. The van der Waals surface area contributed by atoms with Gasteiger partial charge in [-0.2, -0.15) is 13.2 Å². The highest BCUT2D eigenvalue weighted by molar-refractivity contribution is 7.92. The number of aliphatic hydroxyl groups excluding tert-OH is 1. The van der Waals surface area contributed by atoms with E-state index in [1.54, 1.807) is 0 Å². The van der Waals surface area contributed by atoms with E-state index in [-0.39, 0.29) is 24.7 Å². The van der Waals surface area contributed by atoms with Gasteiger partial charge < -0.3 is 21.1 Å². The van der Waals surface area contributed by atoms with Crippen LogP contribution in [0.15, 0.2) is 29.2 Å². The number of nitrogens with one attached hydrogen (secondary N) is 1. The lowest BCUT2D eigenvalue weighted by atomic mass is 10.0. The van der Waals surface area contributed by atoms with Crippen LogP contribution in [0, 0.1) is 0 Å². The van der Waals surface area contributed by atoms with Gasteiger partial charge >= 0.3 is 5.51 Å². The number of hydrogen-bond donors (Lipinski definition) is 3. The number of piperidine rings is 1. The van der Waals surface area contributed by atoms with Crippen LogP contribution in [-0.4, -0.2) is 61.6 Å². The Hall–Kier alpha value is -1.85. The summed E-state index contributed by atoms with van der Waals surface area (Å²) in [6.07, 6.45) is 0.0651. The smallest absolute Gasteiger partial charge is 0.383 e. The zero-order valence-corrected chi connectivity index (χ0v) is 15.3. The van der Waals surface area contributed by atoms with Crippen molar-refractivity contribution >= 4 is 21.4 Å².